The van der Waals surface area contributed by atoms with E-state index in [0.29, 0.717) is 0 Å². The molecular weight excluding hydrogens is 178 g/mol. The van der Waals surface area contributed by atoms with Crippen molar-refractivity contribution in [2.45, 2.75) is 39.2 Å². The van der Waals surface area contributed by atoms with Gasteiger partial charge in [-0.2, -0.15) is 0 Å². The number of hydrogen-bond donors (Lipinski definition) is 0. The summed E-state index contributed by atoms with van der Waals surface area (Å²) in [5.41, 5.74) is 0.159. The van der Waals surface area contributed by atoms with Gasteiger partial charge < -0.3 is 4.74 Å². The molecule has 14 heavy (non-hydrogen) atoms. The summed E-state index contributed by atoms with van der Waals surface area (Å²) < 4.78 is 4.79. The highest BCUT2D eigenvalue weighted by atomic mass is 16.5. The zero-order valence-electron chi connectivity index (χ0n) is 9.67. The fourth-order valence-electron chi connectivity index (χ4n) is 1.95. The average molecular weight is 199 g/mol. The van der Waals surface area contributed by atoms with Crippen LogP contribution in [0.15, 0.2) is 0 Å². The minimum Gasteiger partial charge on any atom is -0.469 e. The van der Waals surface area contributed by atoms with E-state index in [4.69, 9.17) is 4.74 Å². The normalized spacial score (nSPS) is 24.7. The van der Waals surface area contributed by atoms with Crippen LogP contribution in [0.1, 0.15) is 33.6 Å². The van der Waals surface area contributed by atoms with Crippen LogP contribution in [-0.4, -0.2) is 36.6 Å². The van der Waals surface area contributed by atoms with E-state index < -0.39 is 0 Å². The highest BCUT2D eigenvalue weighted by Gasteiger charge is 2.31. The number of methoxy groups -OCH3 is 1. The number of carbonyl (C=O) groups excluding carboxylic acids is 1. The fourth-order valence-corrected chi connectivity index (χ4v) is 1.95. The van der Waals surface area contributed by atoms with Gasteiger partial charge in [0.15, 0.2) is 0 Å². The third kappa shape index (κ3) is 2.71. The first-order chi connectivity index (χ1) is 6.45. The Kier molecular flexibility index (Phi) is 3.53. The molecule has 1 aliphatic heterocycles. The van der Waals surface area contributed by atoms with Gasteiger partial charge in [0, 0.05) is 12.1 Å². The van der Waals surface area contributed by atoms with Gasteiger partial charge in [-0.3, -0.25) is 9.69 Å². The summed E-state index contributed by atoms with van der Waals surface area (Å²) in [7, 11) is 1.47. The van der Waals surface area contributed by atoms with Crippen LogP contribution in [-0.2, 0) is 9.53 Å². The molecular formula is C11H21NO2. The molecule has 3 heteroatoms. The van der Waals surface area contributed by atoms with Crippen LogP contribution >= 0.6 is 0 Å². The van der Waals surface area contributed by atoms with Gasteiger partial charge in [-0.15, -0.1) is 0 Å². The molecule has 1 fully saturated rings. The molecule has 0 spiro atoms. The highest BCUT2D eigenvalue weighted by molar-refractivity contribution is 5.72. The second-order valence-electron chi connectivity index (χ2n) is 4.98. The van der Waals surface area contributed by atoms with Crippen LogP contribution in [0.3, 0.4) is 0 Å². The number of rotatable bonds is 1. The molecule has 3 nitrogen and oxygen atoms in total. The van der Waals surface area contributed by atoms with E-state index >= 15 is 0 Å². The lowest BCUT2D eigenvalue weighted by molar-refractivity contribution is -0.148. The number of ether oxygens (including phenoxy) is 1. The molecule has 0 aromatic heterocycles. The van der Waals surface area contributed by atoms with E-state index in [1.165, 1.54) is 7.11 Å². The minimum absolute atomic E-state index is 0.0565. The van der Waals surface area contributed by atoms with Gasteiger partial charge >= 0.3 is 5.97 Å². The molecule has 1 aliphatic rings. The van der Waals surface area contributed by atoms with Crippen LogP contribution < -0.4 is 0 Å². The predicted molar refractivity (Wildman–Crippen MR) is 56.1 cm³/mol. The number of likely N-dealkylation sites (tertiary alicyclic amines) is 1. The zero-order valence-corrected chi connectivity index (χ0v) is 9.67. The molecule has 0 aromatic rings. The van der Waals surface area contributed by atoms with E-state index in [-0.39, 0.29) is 17.4 Å². The van der Waals surface area contributed by atoms with E-state index in [1.54, 1.807) is 0 Å². The molecule has 0 radical (unpaired) electrons. The Labute approximate surface area is 86.4 Å². The van der Waals surface area contributed by atoms with Crippen LogP contribution in [0.2, 0.25) is 0 Å². The predicted octanol–water partition coefficient (Wildman–Crippen LogP) is 1.67. The van der Waals surface area contributed by atoms with Crippen molar-refractivity contribution >= 4 is 5.97 Å². The lowest BCUT2D eigenvalue weighted by Gasteiger charge is -2.40. The molecule has 1 saturated heterocycles. The third-order valence-corrected chi connectivity index (χ3v) is 2.90. The number of nitrogens with zero attached hydrogens (tertiary/aromatic N) is 1. The number of carbonyl (C=O) groups is 1. The molecule has 82 valence electrons. The van der Waals surface area contributed by atoms with Crippen molar-refractivity contribution in [3.63, 3.8) is 0 Å². The number of hydrogen-bond acceptors (Lipinski definition) is 3. The molecule has 1 heterocycles. The first-order valence-electron chi connectivity index (χ1n) is 5.28. The Balaban J connectivity index is 2.56. The number of piperidine rings is 1. The monoisotopic (exact) mass is 199 g/mol. The maximum Gasteiger partial charge on any atom is 0.309 e. The summed E-state index contributed by atoms with van der Waals surface area (Å²) in [6.45, 7) is 8.50. The largest absolute Gasteiger partial charge is 0.469 e. The van der Waals surface area contributed by atoms with Crippen molar-refractivity contribution < 1.29 is 9.53 Å². The van der Waals surface area contributed by atoms with Crippen molar-refractivity contribution in [2.75, 3.05) is 20.2 Å². The molecule has 1 rings (SSSR count). The molecule has 0 saturated carbocycles. The fraction of sp³-hybridized carbons (Fsp3) is 0.909. The van der Waals surface area contributed by atoms with Crippen molar-refractivity contribution in [3.8, 4) is 0 Å². The standard InChI is InChI=1S/C11H21NO2/c1-11(2,3)12-7-5-6-9(8-12)10(13)14-4/h9H,5-8H2,1-4H3/t9-/m1/s1. The van der Waals surface area contributed by atoms with Crippen LogP contribution in [0.25, 0.3) is 0 Å². The Morgan fingerprint density at radius 3 is 2.57 bits per heavy atom. The second-order valence-corrected chi connectivity index (χ2v) is 4.98. The van der Waals surface area contributed by atoms with E-state index in [9.17, 15) is 4.79 Å². The average Bonchev–Trinajstić information content (AvgIpc) is 2.15. The summed E-state index contributed by atoms with van der Waals surface area (Å²) in [4.78, 5) is 13.7. The highest BCUT2D eigenvalue weighted by Crippen LogP contribution is 2.24. The Morgan fingerprint density at radius 2 is 2.07 bits per heavy atom. The lowest BCUT2D eigenvalue weighted by atomic mass is 9.93. The Bertz CT molecular complexity index is 208. The van der Waals surface area contributed by atoms with E-state index in [1.807, 2.05) is 0 Å². The van der Waals surface area contributed by atoms with E-state index in [0.717, 1.165) is 25.9 Å². The quantitative estimate of drug-likeness (QED) is 0.602. The Morgan fingerprint density at radius 1 is 1.43 bits per heavy atom. The van der Waals surface area contributed by atoms with Gasteiger partial charge in [0.05, 0.1) is 13.0 Å². The van der Waals surface area contributed by atoms with Gasteiger partial charge in [0.2, 0.25) is 0 Å². The maximum absolute atomic E-state index is 11.4. The summed E-state index contributed by atoms with van der Waals surface area (Å²) >= 11 is 0. The topological polar surface area (TPSA) is 29.5 Å². The maximum atomic E-state index is 11.4. The molecule has 0 N–H and O–H groups in total. The Hall–Kier alpha value is -0.570. The van der Waals surface area contributed by atoms with Gasteiger partial charge in [0.1, 0.15) is 0 Å². The van der Waals surface area contributed by atoms with E-state index in [2.05, 4.69) is 25.7 Å². The molecule has 0 unspecified atom stereocenters. The van der Waals surface area contributed by atoms with Crippen molar-refractivity contribution in [1.29, 1.82) is 0 Å². The summed E-state index contributed by atoms with van der Waals surface area (Å²) in [5.74, 6) is 0.0203. The first-order valence-corrected chi connectivity index (χ1v) is 5.28. The van der Waals surface area contributed by atoms with Crippen molar-refractivity contribution in [2.24, 2.45) is 5.92 Å². The lowest BCUT2D eigenvalue weighted by Crippen LogP contribution is -2.48. The van der Waals surface area contributed by atoms with Crippen LogP contribution in [0.5, 0.6) is 0 Å². The summed E-state index contributed by atoms with van der Waals surface area (Å²) in [6, 6.07) is 0. The van der Waals surface area contributed by atoms with Crippen LogP contribution in [0.4, 0.5) is 0 Å². The molecule has 0 aliphatic carbocycles. The summed E-state index contributed by atoms with van der Waals surface area (Å²) in [5, 5.41) is 0. The molecule has 0 aromatic carbocycles. The van der Waals surface area contributed by atoms with Gasteiger partial charge in [-0.25, -0.2) is 0 Å². The summed E-state index contributed by atoms with van der Waals surface area (Å²) in [6.07, 6.45) is 2.07. The van der Waals surface area contributed by atoms with Crippen molar-refractivity contribution in [1.82, 2.24) is 4.90 Å². The molecule has 1 atom stereocenters. The first kappa shape index (κ1) is 11.5. The molecule has 0 amide bonds. The zero-order chi connectivity index (χ0) is 10.8. The van der Waals surface area contributed by atoms with Gasteiger partial charge in [0.25, 0.3) is 0 Å². The van der Waals surface area contributed by atoms with Gasteiger partial charge in [-0.1, -0.05) is 0 Å². The van der Waals surface area contributed by atoms with Crippen molar-refractivity contribution in [3.05, 3.63) is 0 Å². The third-order valence-electron chi connectivity index (χ3n) is 2.90. The number of esters is 1. The molecule has 0 bridgehead atoms. The van der Waals surface area contributed by atoms with Crippen LogP contribution in [0, 0.1) is 5.92 Å². The van der Waals surface area contributed by atoms with Gasteiger partial charge in [-0.05, 0) is 40.2 Å². The second kappa shape index (κ2) is 4.30. The smallest absolute Gasteiger partial charge is 0.309 e. The SMILES string of the molecule is COC(=O)[C@@H]1CCCN(C(C)(C)C)C1. The minimum atomic E-state index is -0.0565.